The Bertz CT molecular complexity index is 319. The van der Waals surface area contributed by atoms with Gasteiger partial charge in [0.25, 0.3) is 0 Å². The van der Waals surface area contributed by atoms with Crippen LogP contribution in [0.5, 0.6) is 5.75 Å². The van der Waals surface area contributed by atoms with E-state index in [9.17, 15) is 0 Å². The SMILES string of the molecule is CC(C)c1cccc(C(C)C)c1OCCCCl. The molecule has 0 heterocycles. The molecule has 0 spiro atoms. The zero-order valence-electron chi connectivity index (χ0n) is 11.3. The van der Waals surface area contributed by atoms with E-state index < -0.39 is 0 Å². The summed E-state index contributed by atoms with van der Waals surface area (Å²) in [5.74, 6) is 2.70. The van der Waals surface area contributed by atoms with Crippen molar-refractivity contribution >= 4 is 11.6 Å². The second-order valence-corrected chi connectivity index (χ2v) is 5.34. The van der Waals surface area contributed by atoms with E-state index in [1.54, 1.807) is 0 Å². The lowest BCUT2D eigenvalue weighted by atomic mass is 9.94. The van der Waals surface area contributed by atoms with Crippen LogP contribution in [0, 0.1) is 0 Å². The lowest BCUT2D eigenvalue weighted by Crippen LogP contribution is -2.05. The lowest BCUT2D eigenvalue weighted by molar-refractivity contribution is 0.309. The zero-order valence-corrected chi connectivity index (χ0v) is 12.1. The van der Waals surface area contributed by atoms with Crippen molar-refractivity contribution < 1.29 is 4.74 Å². The van der Waals surface area contributed by atoms with Crippen LogP contribution in [-0.4, -0.2) is 12.5 Å². The molecule has 96 valence electrons. The maximum atomic E-state index is 5.95. The molecule has 0 fully saturated rings. The second-order valence-electron chi connectivity index (χ2n) is 4.97. The van der Waals surface area contributed by atoms with Gasteiger partial charge in [0, 0.05) is 5.88 Å². The monoisotopic (exact) mass is 254 g/mol. The van der Waals surface area contributed by atoms with Gasteiger partial charge in [-0.15, -0.1) is 11.6 Å². The molecule has 0 aliphatic carbocycles. The Morgan fingerprint density at radius 1 is 1.06 bits per heavy atom. The smallest absolute Gasteiger partial charge is 0.126 e. The average molecular weight is 255 g/mol. The fourth-order valence-electron chi connectivity index (χ4n) is 1.88. The van der Waals surface area contributed by atoms with Gasteiger partial charge in [-0.25, -0.2) is 0 Å². The van der Waals surface area contributed by atoms with E-state index in [0.717, 1.165) is 12.2 Å². The Morgan fingerprint density at radius 3 is 2.00 bits per heavy atom. The van der Waals surface area contributed by atoms with Gasteiger partial charge in [-0.3, -0.25) is 0 Å². The van der Waals surface area contributed by atoms with Crippen LogP contribution in [0.4, 0.5) is 0 Å². The number of rotatable bonds is 6. The van der Waals surface area contributed by atoms with Gasteiger partial charge in [-0.05, 0) is 29.4 Å². The first-order valence-corrected chi connectivity index (χ1v) is 6.93. The maximum absolute atomic E-state index is 5.95. The molecule has 0 bridgehead atoms. The number of ether oxygens (including phenoxy) is 1. The molecule has 0 N–H and O–H groups in total. The largest absolute Gasteiger partial charge is 0.493 e. The van der Waals surface area contributed by atoms with Gasteiger partial charge in [0.1, 0.15) is 5.75 Å². The maximum Gasteiger partial charge on any atom is 0.126 e. The third-order valence-corrected chi connectivity index (χ3v) is 3.11. The predicted octanol–water partition coefficient (Wildman–Crippen LogP) is 4.94. The van der Waals surface area contributed by atoms with Crippen LogP contribution in [0.25, 0.3) is 0 Å². The van der Waals surface area contributed by atoms with Crippen LogP contribution in [0.15, 0.2) is 18.2 Å². The molecule has 0 aliphatic heterocycles. The summed E-state index contributed by atoms with van der Waals surface area (Å²) in [5.41, 5.74) is 2.59. The Labute approximate surface area is 110 Å². The molecular formula is C15H23ClO. The van der Waals surface area contributed by atoms with Gasteiger partial charge < -0.3 is 4.74 Å². The van der Waals surface area contributed by atoms with Crippen molar-refractivity contribution in [3.63, 3.8) is 0 Å². The molecule has 0 amide bonds. The van der Waals surface area contributed by atoms with Gasteiger partial charge >= 0.3 is 0 Å². The minimum absolute atomic E-state index is 0.486. The first kappa shape index (κ1) is 14.4. The van der Waals surface area contributed by atoms with E-state index >= 15 is 0 Å². The van der Waals surface area contributed by atoms with E-state index in [2.05, 4.69) is 45.9 Å². The molecule has 1 aromatic carbocycles. The third-order valence-electron chi connectivity index (χ3n) is 2.84. The topological polar surface area (TPSA) is 9.23 Å². The van der Waals surface area contributed by atoms with E-state index in [0.29, 0.717) is 24.3 Å². The van der Waals surface area contributed by atoms with Crippen molar-refractivity contribution in [2.24, 2.45) is 0 Å². The van der Waals surface area contributed by atoms with Gasteiger partial charge in [0.15, 0.2) is 0 Å². The first-order chi connectivity index (χ1) is 8.07. The molecule has 17 heavy (non-hydrogen) atoms. The fraction of sp³-hybridized carbons (Fsp3) is 0.600. The summed E-state index contributed by atoms with van der Waals surface area (Å²) in [4.78, 5) is 0. The molecule has 2 heteroatoms. The van der Waals surface area contributed by atoms with Crippen molar-refractivity contribution in [2.45, 2.75) is 46.0 Å². The van der Waals surface area contributed by atoms with E-state index in [4.69, 9.17) is 16.3 Å². The number of alkyl halides is 1. The normalized spacial score (nSPS) is 11.2. The van der Waals surface area contributed by atoms with Crippen molar-refractivity contribution in [3.8, 4) is 5.75 Å². The van der Waals surface area contributed by atoms with Gasteiger partial charge in [-0.2, -0.15) is 0 Å². The zero-order chi connectivity index (χ0) is 12.8. The van der Waals surface area contributed by atoms with Crippen molar-refractivity contribution in [1.82, 2.24) is 0 Å². The molecule has 0 unspecified atom stereocenters. The summed E-state index contributed by atoms with van der Waals surface area (Å²) in [5, 5.41) is 0. The first-order valence-electron chi connectivity index (χ1n) is 6.39. The number of hydrogen-bond donors (Lipinski definition) is 0. The van der Waals surface area contributed by atoms with Crippen LogP contribution in [0.2, 0.25) is 0 Å². The van der Waals surface area contributed by atoms with Crippen LogP contribution in [0.3, 0.4) is 0 Å². The minimum atomic E-state index is 0.486. The Morgan fingerprint density at radius 2 is 1.59 bits per heavy atom. The highest BCUT2D eigenvalue weighted by Gasteiger charge is 2.14. The summed E-state index contributed by atoms with van der Waals surface area (Å²) in [6.07, 6.45) is 0.894. The third kappa shape index (κ3) is 3.92. The van der Waals surface area contributed by atoms with Crippen molar-refractivity contribution in [1.29, 1.82) is 0 Å². The molecule has 0 saturated heterocycles. The number of halogens is 1. The van der Waals surface area contributed by atoms with Crippen LogP contribution < -0.4 is 4.74 Å². The standard InChI is InChI=1S/C15H23ClO/c1-11(2)13-7-5-8-14(12(3)4)15(13)17-10-6-9-16/h5,7-8,11-12H,6,9-10H2,1-4H3. The molecule has 0 aliphatic rings. The summed E-state index contributed by atoms with van der Waals surface area (Å²) in [7, 11) is 0. The van der Waals surface area contributed by atoms with Crippen LogP contribution in [0.1, 0.15) is 57.1 Å². The second kappa shape index (κ2) is 6.90. The fourth-order valence-corrected chi connectivity index (χ4v) is 1.99. The van der Waals surface area contributed by atoms with Gasteiger partial charge in [0.2, 0.25) is 0 Å². The molecule has 0 aromatic heterocycles. The quantitative estimate of drug-likeness (QED) is 0.516. The Hall–Kier alpha value is -0.690. The molecular weight excluding hydrogens is 232 g/mol. The highest BCUT2D eigenvalue weighted by Crippen LogP contribution is 2.34. The van der Waals surface area contributed by atoms with Gasteiger partial charge in [0.05, 0.1) is 6.61 Å². The molecule has 0 saturated carbocycles. The molecule has 1 nitrogen and oxygen atoms in total. The Kier molecular flexibility index (Phi) is 5.84. The molecule has 0 atom stereocenters. The summed E-state index contributed by atoms with van der Waals surface area (Å²) < 4.78 is 5.95. The average Bonchev–Trinajstić information content (AvgIpc) is 2.28. The van der Waals surface area contributed by atoms with E-state index in [1.165, 1.54) is 11.1 Å². The number of hydrogen-bond acceptors (Lipinski definition) is 1. The van der Waals surface area contributed by atoms with Crippen LogP contribution in [-0.2, 0) is 0 Å². The lowest BCUT2D eigenvalue weighted by Gasteiger charge is -2.19. The van der Waals surface area contributed by atoms with E-state index in [-0.39, 0.29) is 0 Å². The summed E-state index contributed by atoms with van der Waals surface area (Å²) >= 11 is 5.69. The van der Waals surface area contributed by atoms with Crippen molar-refractivity contribution in [3.05, 3.63) is 29.3 Å². The Balaban J connectivity index is 3.01. The van der Waals surface area contributed by atoms with Gasteiger partial charge in [-0.1, -0.05) is 45.9 Å². The summed E-state index contributed by atoms with van der Waals surface area (Å²) in [6.45, 7) is 9.51. The molecule has 1 rings (SSSR count). The summed E-state index contributed by atoms with van der Waals surface area (Å²) in [6, 6.07) is 6.44. The van der Waals surface area contributed by atoms with Crippen LogP contribution >= 0.6 is 11.6 Å². The highest BCUT2D eigenvalue weighted by molar-refractivity contribution is 6.17. The number of para-hydroxylation sites is 1. The highest BCUT2D eigenvalue weighted by atomic mass is 35.5. The molecule has 0 radical (unpaired) electrons. The molecule has 1 aromatic rings. The predicted molar refractivity (Wildman–Crippen MR) is 75.5 cm³/mol. The van der Waals surface area contributed by atoms with E-state index in [1.807, 2.05) is 0 Å². The number of benzene rings is 1. The van der Waals surface area contributed by atoms with Crippen molar-refractivity contribution in [2.75, 3.05) is 12.5 Å². The minimum Gasteiger partial charge on any atom is -0.493 e.